The van der Waals surface area contributed by atoms with Crippen LogP contribution < -0.4 is 15.2 Å². The van der Waals surface area contributed by atoms with E-state index in [1.807, 2.05) is 42.5 Å². The molecule has 0 saturated heterocycles. The third-order valence-electron chi connectivity index (χ3n) is 5.43. The average Bonchev–Trinajstić information content (AvgIpc) is 3.08. The Morgan fingerprint density at radius 3 is 2.72 bits per heavy atom. The molecule has 0 saturated carbocycles. The van der Waals surface area contributed by atoms with Gasteiger partial charge in [0.05, 0.1) is 12.5 Å². The highest BCUT2D eigenvalue weighted by Gasteiger charge is 2.29. The fourth-order valence-electron chi connectivity index (χ4n) is 4.15. The topological polar surface area (TPSA) is 71.1 Å². The molecule has 6 nitrogen and oxygen atoms in total. The molecule has 1 aliphatic rings. The molecular formula is C23H20N4O2. The summed E-state index contributed by atoms with van der Waals surface area (Å²) in [5.74, 6) is 1.22. The van der Waals surface area contributed by atoms with Crippen LogP contribution in [-0.2, 0) is 6.42 Å². The van der Waals surface area contributed by atoms with E-state index < -0.39 is 0 Å². The molecule has 2 aromatic heterocycles. The molecule has 0 fully saturated rings. The standard InChI is InChI=1S/C23H20N4O2/c1-14-13-15-7-3-5-9-18(15)27(14)23-25-21-20(22(28)26-23)17(11-12-24-21)16-8-4-6-10-19(16)29-2/h3-12,14H,13H2,1-2H3,(H,24,25,26,28). The molecule has 1 aliphatic heterocycles. The van der Waals surface area contributed by atoms with E-state index in [2.05, 4.69) is 33.9 Å². The predicted octanol–water partition coefficient (Wildman–Crippen LogP) is 4.08. The summed E-state index contributed by atoms with van der Waals surface area (Å²) in [5.41, 5.74) is 4.12. The zero-order valence-corrected chi connectivity index (χ0v) is 16.2. The van der Waals surface area contributed by atoms with Crippen LogP contribution in [0.25, 0.3) is 22.2 Å². The van der Waals surface area contributed by atoms with Crippen molar-refractivity contribution < 1.29 is 4.74 Å². The van der Waals surface area contributed by atoms with Crippen LogP contribution in [-0.4, -0.2) is 28.1 Å². The van der Waals surface area contributed by atoms with Gasteiger partial charge in [-0.2, -0.15) is 4.98 Å². The molecule has 1 N–H and O–H groups in total. The lowest BCUT2D eigenvalue weighted by Crippen LogP contribution is -2.28. The molecule has 0 spiro atoms. The van der Waals surface area contributed by atoms with Gasteiger partial charge in [0.2, 0.25) is 5.95 Å². The SMILES string of the molecule is COc1ccccc1-c1ccnc2nc(N3c4ccccc4CC3C)[nH]c(=O)c12. The Hall–Kier alpha value is -3.67. The van der Waals surface area contributed by atoms with Gasteiger partial charge in [-0.3, -0.25) is 9.78 Å². The Bertz CT molecular complexity index is 1280. The van der Waals surface area contributed by atoms with Crippen molar-refractivity contribution in [2.45, 2.75) is 19.4 Å². The number of methoxy groups -OCH3 is 1. The maximum atomic E-state index is 13.2. The van der Waals surface area contributed by atoms with Crippen LogP contribution in [0.3, 0.4) is 0 Å². The lowest BCUT2D eigenvalue weighted by molar-refractivity contribution is 0.416. The van der Waals surface area contributed by atoms with E-state index in [1.165, 1.54) is 5.56 Å². The maximum Gasteiger partial charge on any atom is 0.262 e. The number of pyridine rings is 1. The maximum absolute atomic E-state index is 13.2. The number of nitrogens with zero attached hydrogens (tertiary/aromatic N) is 3. The Morgan fingerprint density at radius 2 is 1.86 bits per heavy atom. The highest BCUT2D eigenvalue weighted by molar-refractivity contribution is 5.94. The van der Waals surface area contributed by atoms with Crippen molar-refractivity contribution in [2.75, 3.05) is 12.0 Å². The third-order valence-corrected chi connectivity index (χ3v) is 5.43. The minimum absolute atomic E-state index is 0.199. The van der Waals surface area contributed by atoms with Crippen molar-refractivity contribution in [1.29, 1.82) is 0 Å². The molecular weight excluding hydrogens is 364 g/mol. The number of fused-ring (bicyclic) bond motifs is 2. The van der Waals surface area contributed by atoms with E-state index in [0.29, 0.717) is 22.7 Å². The van der Waals surface area contributed by atoms with Crippen LogP contribution in [0.1, 0.15) is 12.5 Å². The fourth-order valence-corrected chi connectivity index (χ4v) is 4.15. The Kier molecular flexibility index (Phi) is 4.05. The number of benzene rings is 2. The lowest BCUT2D eigenvalue weighted by atomic mass is 10.0. The van der Waals surface area contributed by atoms with E-state index in [4.69, 9.17) is 9.72 Å². The average molecular weight is 384 g/mol. The molecule has 1 unspecified atom stereocenters. The third kappa shape index (κ3) is 2.76. The van der Waals surface area contributed by atoms with Crippen molar-refractivity contribution in [3.8, 4) is 16.9 Å². The highest BCUT2D eigenvalue weighted by atomic mass is 16.5. The smallest absolute Gasteiger partial charge is 0.262 e. The molecule has 0 amide bonds. The molecule has 5 rings (SSSR count). The summed E-state index contributed by atoms with van der Waals surface area (Å²) in [4.78, 5) is 27.4. The first-order valence-corrected chi connectivity index (χ1v) is 9.57. The van der Waals surface area contributed by atoms with Gasteiger partial charge in [0, 0.05) is 29.1 Å². The number of rotatable bonds is 3. The van der Waals surface area contributed by atoms with Crippen molar-refractivity contribution in [2.24, 2.45) is 0 Å². The number of nitrogens with one attached hydrogen (secondary N) is 1. The fraction of sp³-hybridized carbons (Fsp3) is 0.174. The van der Waals surface area contributed by atoms with Crippen molar-refractivity contribution in [3.05, 3.63) is 76.7 Å². The summed E-state index contributed by atoms with van der Waals surface area (Å²) >= 11 is 0. The first-order chi connectivity index (χ1) is 14.2. The number of aromatic nitrogens is 3. The molecule has 1 atom stereocenters. The van der Waals surface area contributed by atoms with E-state index >= 15 is 0 Å². The van der Waals surface area contributed by atoms with Gasteiger partial charge in [-0.1, -0.05) is 36.4 Å². The quantitative estimate of drug-likeness (QED) is 0.576. The molecule has 6 heteroatoms. The largest absolute Gasteiger partial charge is 0.496 e. The van der Waals surface area contributed by atoms with Crippen molar-refractivity contribution in [3.63, 3.8) is 0 Å². The normalized spacial score (nSPS) is 15.5. The highest BCUT2D eigenvalue weighted by Crippen LogP contribution is 2.37. The minimum atomic E-state index is -0.212. The number of anilines is 2. The molecule has 0 aliphatic carbocycles. The summed E-state index contributed by atoms with van der Waals surface area (Å²) in [7, 11) is 1.62. The first-order valence-electron chi connectivity index (χ1n) is 9.57. The monoisotopic (exact) mass is 384 g/mol. The Morgan fingerprint density at radius 1 is 1.07 bits per heavy atom. The summed E-state index contributed by atoms with van der Waals surface area (Å²) in [6.45, 7) is 2.13. The van der Waals surface area contributed by atoms with Gasteiger partial charge in [-0.05, 0) is 37.1 Å². The zero-order chi connectivity index (χ0) is 20.0. The van der Waals surface area contributed by atoms with Gasteiger partial charge in [0.15, 0.2) is 5.65 Å². The van der Waals surface area contributed by atoms with Gasteiger partial charge >= 0.3 is 0 Å². The second kappa shape index (κ2) is 6.74. The molecule has 0 radical (unpaired) electrons. The molecule has 0 bridgehead atoms. The summed E-state index contributed by atoms with van der Waals surface area (Å²) < 4.78 is 5.49. The van der Waals surface area contributed by atoms with Gasteiger partial charge in [0.25, 0.3) is 5.56 Å². The molecule has 144 valence electrons. The summed E-state index contributed by atoms with van der Waals surface area (Å²) in [6.07, 6.45) is 2.59. The molecule has 2 aromatic carbocycles. The predicted molar refractivity (Wildman–Crippen MR) is 114 cm³/mol. The number of H-pyrrole nitrogens is 1. The summed E-state index contributed by atoms with van der Waals surface area (Å²) in [6, 6.07) is 17.9. The second-order valence-corrected chi connectivity index (χ2v) is 7.20. The van der Waals surface area contributed by atoms with Crippen LogP contribution in [0.5, 0.6) is 5.75 Å². The van der Waals surface area contributed by atoms with Crippen LogP contribution in [0, 0.1) is 0 Å². The van der Waals surface area contributed by atoms with Crippen molar-refractivity contribution in [1.82, 2.24) is 15.0 Å². The number of ether oxygens (including phenoxy) is 1. The number of hydrogen-bond acceptors (Lipinski definition) is 5. The Balaban J connectivity index is 1.71. The molecule has 3 heterocycles. The minimum Gasteiger partial charge on any atom is -0.496 e. The number of para-hydroxylation sites is 2. The van der Waals surface area contributed by atoms with Crippen LogP contribution in [0.4, 0.5) is 11.6 Å². The summed E-state index contributed by atoms with van der Waals surface area (Å²) in [5, 5.41) is 0.459. The lowest BCUT2D eigenvalue weighted by Gasteiger charge is -2.23. The molecule has 29 heavy (non-hydrogen) atoms. The number of hydrogen-bond donors (Lipinski definition) is 1. The van der Waals surface area contributed by atoms with Crippen LogP contribution in [0.15, 0.2) is 65.6 Å². The van der Waals surface area contributed by atoms with E-state index in [1.54, 1.807) is 13.3 Å². The van der Waals surface area contributed by atoms with E-state index in [-0.39, 0.29) is 11.6 Å². The molecule has 4 aromatic rings. The van der Waals surface area contributed by atoms with Crippen molar-refractivity contribution >= 4 is 22.7 Å². The van der Waals surface area contributed by atoms with Gasteiger partial charge in [0.1, 0.15) is 5.75 Å². The second-order valence-electron chi connectivity index (χ2n) is 7.20. The van der Waals surface area contributed by atoms with Crippen LogP contribution in [0.2, 0.25) is 0 Å². The van der Waals surface area contributed by atoms with Gasteiger partial charge < -0.3 is 9.64 Å². The first kappa shape index (κ1) is 17.4. The number of aromatic amines is 1. The van der Waals surface area contributed by atoms with Gasteiger partial charge in [-0.15, -0.1) is 0 Å². The Labute approximate surface area is 167 Å². The van der Waals surface area contributed by atoms with Gasteiger partial charge in [-0.25, -0.2) is 4.98 Å². The zero-order valence-electron chi connectivity index (χ0n) is 16.2. The van der Waals surface area contributed by atoms with E-state index in [9.17, 15) is 4.79 Å². The van der Waals surface area contributed by atoms with Crippen LogP contribution >= 0.6 is 0 Å². The van der Waals surface area contributed by atoms with E-state index in [0.717, 1.165) is 23.2 Å².